The van der Waals surface area contributed by atoms with Gasteiger partial charge >= 0.3 is 0 Å². The minimum atomic E-state index is -0.198. The third-order valence-electron chi connectivity index (χ3n) is 4.94. The monoisotopic (exact) mass is 408 g/mol. The summed E-state index contributed by atoms with van der Waals surface area (Å²) in [4.78, 5) is 14.3. The van der Waals surface area contributed by atoms with Crippen molar-refractivity contribution < 1.29 is 19.0 Å². The first kappa shape index (κ1) is 19.9. The van der Waals surface area contributed by atoms with Gasteiger partial charge in [0.05, 0.1) is 26.9 Å². The van der Waals surface area contributed by atoms with E-state index in [1.807, 2.05) is 48.5 Å². The normalized spacial score (nSPS) is 13.9. The van der Waals surface area contributed by atoms with Crippen LogP contribution in [0.25, 0.3) is 0 Å². The zero-order valence-corrected chi connectivity index (χ0v) is 17.1. The summed E-state index contributed by atoms with van der Waals surface area (Å²) in [5, 5.41) is 8.15. The topological polar surface area (TPSA) is 78.7 Å². The third-order valence-corrected chi connectivity index (χ3v) is 4.94. The molecule has 4 rings (SSSR count). The zero-order chi connectivity index (χ0) is 20.9. The number of morpholine rings is 1. The predicted molar refractivity (Wildman–Crippen MR) is 112 cm³/mol. The average Bonchev–Trinajstić information content (AvgIpc) is 3.18. The second-order valence-electron chi connectivity index (χ2n) is 7.00. The number of carbonyl (C=O) groups is 1. The van der Waals surface area contributed by atoms with Gasteiger partial charge in [0.2, 0.25) is 5.88 Å². The van der Waals surface area contributed by atoms with Crippen LogP contribution in [0, 0.1) is 0 Å². The van der Waals surface area contributed by atoms with E-state index in [0.717, 1.165) is 43.3 Å². The highest BCUT2D eigenvalue weighted by Crippen LogP contribution is 2.28. The molecule has 0 N–H and O–H groups in total. The Morgan fingerprint density at radius 1 is 1.03 bits per heavy atom. The van der Waals surface area contributed by atoms with E-state index in [9.17, 15) is 4.79 Å². The van der Waals surface area contributed by atoms with Gasteiger partial charge in [-0.1, -0.05) is 17.3 Å². The molecule has 1 aromatic heterocycles. The molecule has 2 aromatic carbocycles. The van der Waals surface area contributed by atoms with E-state index in [4.69, 9.17) is 14.2 Å². The number of ketones is 1. The molecule has 0 spiro atoms. The molecule has 3 aromatic rings. The smallest absolute Gasteiger partial charge is 0.249 e. The van der Waals surface area contributed by atoms with E-state index < -0.39 is 0 Å². The van der Waals surface area contributed by atoms with Crippen LogP contribution in [0.1, 0.15) is 23.0 Å². The number of Topliss-reactive ketones (excluding diaryl/α,β-unsaturated/α-hetero) is 1. The molecule has 0 saturated carbocycles. The molecular formula is C22H24N4O4. The van der Waals surface area contributed by atoms with Crippen LogP contribution in [0.2, 0.25) is 0 Å². The van der Waals surface area contributed by atoms with Crippen molar-refractivity contribution in [2.45, 2.75) is 13.5 Å². The van der Waals surface area contributed by atoms with E-state index in [1.165, 1.54) is 6.92 Å². The maximum Gasteiger partial charge on any atom is 0.249 e. The molecule has 1 aliphatic rings. The first-order chi connectivity index (χ1) is 14.6. The molecule has 0 amide bonds. The second kappa shape index (κ2) is 8.96. The lowest BCUT2D eigenvalue weighted by molar-refractivity contribution is 0.101. The standard InChI is InChI=1S/C22H24N4O4/c1-16(27)21-22(26(24-23-21)15-17-3-7-19(28-2)8-4-17)30-20-9-5-18(6-10-20)25-11-13-29-14-12-25/h3-10H,11-15H2,1-2H3. The first-order valence-electron chi connectivity index (χ1n) is 9.82. The Kier molecular flexibility index (Phi) is 5.94. The van der Waals surface area contributed by atoms with Crippen LogP contribution >= 0.6 is 0 Å². The molecule has 0 atom stereocenters. The molecule has 8 nitrogen and oxygen atoms in total. The van der Waals surface area contributed by atoms with Crippen molar-refractivity contribution in [3.05, 3.63) is 59.8 Å². The maximum atomic E-state index is 12.0. The number of benzene rings is 2. The van der Waals surface area contributed by atoms with Crippen LogP contribution in [0.4, 0.5) is 5.69 Å². The Bertz CT molecular complexity index is 993. The number of methoxy groups -OCH3 is 1. The quantitative estimate of drug-likeness (QED) is 0.556. The molecule has 0 radical (unpaired) electrons. The Morgan fingerprint density at radius 2 is 1.70 bits per heavy atom. The molecule has 0 bridgehead atoms. The van der Waals surface area contributed by atoms with E-state index in [2.05, 4.69) is 15.2 Å². The highest BCUT2D eigenvalue weighted by molar-refractivity contribution is 5.94. The van der Waals surface area contributed by atoms with Gasteiger partial charge in [-0.2, -0.15) is 0 Å². The average molecular weight is 408 g/mol. The molecular weight excluding hydrogens is 384 g/mol. The lowest BCUT2D eigenvalue weighted by Crippen LogP contribution is -2.36. The van der Waals surface area contributed by atoms with Crippen molar-refractivity contribution in [1.82, 2.24) is 15.0 Å². The van der Waals surface area contributed by atoms with Crippen molar-refractivity contribution >= 4 is 11.5 Å². The third kappa shape index (κ3) is 4.44. The van der Waals surface area contributed by atoms with E-state index >= 15 is 0 Å². The molecule has 0 unspecified atom stereocenters. The van der Waals surface area contributed by atoms with Crippen LogP contribution in [-0.2, 0) is 11.3 Å². The molecule has 1 aliphatic heterocycles. The summed E-state index contributed by atoms with van der Waals surface area (Å²) in [6, 6.07) is 15.4. The highest BCUT2D eigenvalue weighted by Gasteiger charge is 2.20. The number of ether oxygens (including phenoxy) is 3. The number of anilines is 1. The summed E-state index contributed by atoms with van der Waals surface area (Å²) in [5.41, 5.74) is 2.31. The molecule has 2 heterocycles. The Balaban J connectivity index is 1.54. The largest absolute Gasteiger partial charge is 0.497 e. The maximum absolute atomic E-state index is 12.0. The number of hydrogen-bond donors (Lipinski definition) is 0. The number of nitrogens with zero attached hydrogens (tertiary/aromatic N) is 4. The Morgan fingerprint density at radius 3 is 2.33 bits per heavy atom. The number of hydrogen-bond acceptors (Lipinski definition) is 7. The van der Waals surface area contributed by atoms with Crippen molar-refractivity contribution in [2.24, 2.45) is 0 Å². The van der Waals surface area contributed by atoms with Crippen LogP contribution in [-0.4, -0.2) is 54.2 Å². The first-order valence-corrected chi connectivity index (χ1v) is 9.82. The Hall–Kier alpha value is -3.39. The van der Waals surface area contributed by atoms with Crippen molar-refractivity contribution in [1.29, 1.82) is 0 Å². The lowest BCUT2D eigenvalue weighted by atomic mass is 10.2. The second-order valence-corrected chi connectivity index (χ2v) is 7.00. The number of carbonyl (C=O) groups excluding carboxylic acids is 1. The summed E-state index contributed by atoms with van der Waals surface area (Å²) >= 11 is 0. The minimum absolute atomic E-state index is 0.198. The van der Waals surface area contributed by atoms with Gasteiger partial charge in [0.1, 0.15) is 11.5 Å². The van der Waals surface area contributed by atoms with Crippen molar-refractivity contribution in [3.8, 4) is 17.4 Å². The van der Waals surface area contributed by atoms with Crippen LogP contribution < -0.4 is 14.4 Å². The fourth-order valence-electron chi connectivity index (χ4n) is 3.29. The minimum Gasteiger partial charge on any atom is -0.497 e. The summed E-state index contributed by atoms with van der Waals surface area (Å²) in [6.45, 7) is 5.08. The fourth-order valence-corrected chi connectivity index (χ4v) is 3.29. The molecule has 8 heteroatoms. The number of rotatable bonds is 7. The molecule has 30 heavy (non-hydrogen) atoms. The van der Waals surface area contributed by atoms with Gasteiger partial charge in [-0.25, -0.2) is 4.68 Å². The summed E-state index contributed by atoms with van der Waals surface area (Å²) in [7, 11) is 1.63. The van der Waals surface area contributed by atoms with Gasteiger partial charge in [-0.3, -0.25) is 4.79 Å². The zero-order valence-electron chi connectivity index (χ0n) is 17.1. The van der Waals surface area contributed by atoms with E-state index in [0.29, 0.717) is 18.2 Å². The van der Waals surface area contributed by atoms with E-state index in [-0.39, 0.29) is 11.5 Å². The van der Waals surface area contributed by atoms with Gasteiger partial charge in [0, 0.05) is 25.7 Å². The van der Waals surface area contributed by atoms with Crippen LogP contribution in [0.3, 0.4) is 0 Å². The molecule has 1 saturated heterocycles. The molecule has 156 valence electrons. The van der Waals surface area contributed by atoms with Gasteiger partial charge in [0.15, 0.2) is 11.5 Å². The Labute approximate surface area is 175 Å². The van der Waals surface area contributed by atoms with Crippen molar-refractivity contribution in [2.75, 3.05) is 38.3 Å². The fraction of sp³-hybridized carbons (Fsp3) is 0.318. The SMILES string of the molecule is COc1ccc(Cn2nnc(C(C)=O)c2Oc2ccc(N3CCOCC3)cc2)cc1. The highest BCUT2D eigenvalue weighted by atomic mass is 16.5. The summed E-state index contributed by atoms with van der Waals surface area (Å²) in [5.74, 6) is 1.53. The van der Waals surface area contributed by atoms with Crippen LogP contribution in [0.5, 0.6) is 17.4 Å². The van der Waals surface area contributed by atoms with Gasteiger partial charge in [-0.05, 0) is 42.0 Å². The van der Waals surface area contributed by atoms with Crippen LogP contribution in [0.15, 0.2) is 48.5 Å². The summed E-state index contributed by atoms with van der Waals surface area (Å²) < 4.78 is 18.2. The molecule has 0 aliphatic carbocycles. The summed E-state index contributed by atoms with van der Waals surface area (Å²) in [6.07, 6.45) is 0. The lowest BCUT2D eigenvalue weighted by Gasteiger charge is -2.28. The van der Waals surface area contributed by atoms with Gasteiger partial charge in [0.25, 0.3) is 0 Å². The van der Waals surface area contributed by atoms with Gasteiger partial charge in [-0.15, -0.1) is 5.10 Å². The van der Waals surface area contributed by atoms with E-state index in [1.54, 1.807) is 11.8 Å². The van der Waals surface area contributed by atoms with Gasteiger partial charge < -0.3 is 19.1 Å². The predicted octanol–water partition coefficient (Wildman–Crippen LogP) is 3.17. The molecule has 1 fully saturated rings. The van der Waals surface area contributed by atoms with Crippen molar-refractivity contribution in [3.63, 3.8) is 0 Å². The number of aromatic nitrogens is 3.